The summed E-state index contributed by atoms with van der Waals surface area (Å²) in [6.07, 6.45) is 3.88. The van der Waals surface area contributed by atoms with Gasteiger partial charge in [-0.15, -0.1) is 5.10 Å². The zero-order valence-electron chi connectivity index (χ0n) is 10.6. The van der Waals surface area contributed by atoms with Gasteiger partial charge in [-0.05, 0) is 18.6 Å². The van der Waals surface area contributed by atoms with E-state index >= 15 is 0 Å². The number of aromatic nitrogens is 3. The summed E-state index contributed by atoms with van der Waals surface area (Å²) in [6, 6.07) is 5.36. The first-order valence-corrected chi connectivity index (χ1v) is 7.63. The molecule has 6 nitrogen and oxygen atoms in total. The third kappa shape index (κ3) is 2.20. The number of hydrogen-bond acceptors (Lipinski definition) is 4. The van der Waals surface area contributed by atoms with Crippen molar-refractivity contribution in [2.45, 2.75) is 17.4 Å². The Balaban J connectivity index is 1.85. The van der Waals surface area contributed by atoms with Crippen LogP contribution in [0.4, 0.5) is 4.39 Å². The molecule has 0 bridgehead atoms. The van der Waals surface area contributed by atoms with Gasteiger partial charge in [0.05, 0.1) is 12.2 Å². The van der Waals surface area contributed by atoms with Crippen LogP contribution in [0.2, 0.25) is 0 Å². The van der Waals surface area contributed by atoms with Crippen LogP contribution in [0, 0.1) is 5.82 Å². The molecule has 2 aromatic rings. The quantitative estimate of drug-likeness (QED) is 0.849. The Bertz CT molecular complexity index is 702. The van der Waals surface area contributed by atoms with Gasteiger partial charge >= 0.3 is 0 Å². The number of halogens is 1. The lowest BCUT2D eigenvalue weighted by atomic mass is 10.3. The zero-order valence-corrected chi connectivity index (χ0v) is 11.4. The summed E-state index contributed by atoms with van der Waals surface area (Å²) in [5.41, 5.74) is 0. The number of sulfonamides is 1. The smallest absolute Gasteiger partial charge is 0.246 e. The topological polar surface area (TPSA) is 68.1 Å². The van der Waals surface area contributed by atoms with Crippen LogP contribution in [0.15, 0.2) is 41.6 Å². The Kier molecular flexibility index (Phi) is 3.27. The van der Waals surface area contributed by atoms with E-state index < -0.39 is 15.8 Å². The molecular weight excluding hydrogens is 283 g/mol. The summed E-state index contributed by atoms with van der Waals surface area (Å²) >= 11 is 0. The molecule has 0 spiro atoms. The minimum Gasteiger partial charge on any atom is -0.248 e. The lowest BCUT2D eigenvalue weighted by Gasteiger charge is -2.16. The molecule has 20 heavy (non-hydrogen) atoms. The van der Waals surface area contributed by atoms with Crippen molar-refractivity contribution in [1.29, 1.82) is 0 Å². The van der Waals surface area contributed by atoms with Crippen LogP contribution in [-0.2, 0) is 10.0 Å². The molecule has 1 aliphatic rings. The van der Waals surface area contributed by atoms with E-state index in [2.05, 4.69) is 10.3 Å². The number of rotatable bonds is 3. The van der Waals surface area contributed by atoms with Crippen LogP contribution in [-0.4, -0.2) is 40.8 Å². The highest BCUT2D eigenvalue weighted by Crippen LogP contribution is 2.27. The Morgan fingerprint density at radius 3 is 2.80 bits per heavy atom. The van der Waals surface area contributed by atoms with E-state index in [1.165, 1.54) is 22.5 Å². The molecule has 1 aliphatic heterocycles. The SMILES string of the molecule is O=S(=O)(c1ccccc1F)N1CCC(n2ccnn2)C1. The van der Waals surface area contributed by atoms with Crippen LogP contribution >= 0.6 is 0 Å². The maximum Gasteiger partial charge on any atom is 0.246 e. The number of hydrogen-bond donors (Lipinski definition) is 0. The maximum absolute atomic E-state index is 13.7. The van der Waals surface area contributed by atoms with Gasteiger partial charge < -0.3 is 0 Å². The first kappa shape index (κ1) is 13.2. The normalized spacial score (nSPS) is 20.4. The van der Waals surface area contributed by atoms with E-state index in [-0.39, 0.29) is 17.5 Å². The molecule has 1 unspecified atom stereocenters. The van der Waals surface area contributed by atoms with E-state index in [1.807, 2.05) is 0 Å². The van der Waals surface area contributed by atoms with Crippen LogP contribution in [0.1, 0.15) is 12.5 Å². The molecule has 2 heterocycles. The average Bonchev–Trinajstić information content (AvgIpc) is 3.10. The van der Waals surface area contributed by atoms with Crippen molar-refractivity contribution in [2.75, 3.05) is 13.1 Å². The molecule has 1 saturated heterocycles. The molecule has 1 atom stereocenters. The summed E-state index contributed by atoms with van der Waals surface area (Å²) in [6.45, 7) is 0.626. The lowest BCUT2D eigenvalue weighted by molar-refractivity contribution is 0.425. The third-order valence-corrected chi connectivity index (χ3v) is 5.29. The summed E-state index contributed by atoms with van der Waals surface area (Å²) in [4.78, 5) is -0.278. The highest BCUT2D eigenvalue weighted by Gasteiger charge is 2.34. The van der Waals surface area contributed by atoms with Crippen molar-refractivity contribution in [3.05, 3.63) is 42.5 Å². The Morgan fingerprint density at radius 2 is 2.10 bits per heavy atom. The van der Waals surface area contributed by atoms with Gasteiger partial charge in [0.1, 0.15) is 10.7 Å². The van der Waals surface area contributed by atoms with Crippen LogP contribution < -0.4 is 0 Å². The lowest BCUT2D eigenvalue weighted by Crippen LogP contribution is -2.30. The van der Waals surface area contributed by atoms with Crippen molar-refractivity contribution in [1.82, 2.24) is 19.3 Å². The molecular formula is C12H13FN4O2S. The Hall–Kier alpha value is -1.80. The van der Waals surface area contributed by atoms with Crippen molar-refractivity contribution in [2.24, 2.45) is 0 Å². The molecule has 0 aliphatic carbocycles. The van der Waals surface area contributed by atoms with Gasteiger partial charge in [-0.25, -0.2) is 17.5 Å². The first-order chi connectivity index (χ1) is 9.59. The van der Waals surface area contributed by atoms with Gasteiger partial charge in [-0.3, -0.25) is 0 Å². The van der Waals surface area contributed by atoms with Gasteiger partial charge in [-0.2, -0.15) is 4.31 Å². The average molecular weight is 296 g/mol. The molecule has 1 aromatic heterocycles. The second-order valence-electron chi connectivity index (χ2n) is 4.62. The van der Waals surface area contributed by atoms with Crippen LogP contribution in [0.25, 0.3) is 0 Å². The van der Waals surface area contributed by atoms with Crippen LogP contribution in [0.3, 0.4) is 0 Å². The summed E-state index contributed by atoms with van der Waals surface area (Å²) < 4.78 is 41.4. The second kappa shape index (κ2) is 4.95. The second-order valence-corrected chi connectivity index (χ2v) is 6.53. The largest absolute Gasteiger partial charge is 0.248 e. The van der Waals surface area contributed by atoms with Gasteiger partial charge in [-0.1, -0.05) is 17.3 Å². The zero-order chi connectivity index (χ0) is 14.2. The third-order valence-electron chi connectivity index (χ3n) is 3.40. The predicted molar refractivity (Wildman–Crippen MR) is 68.8 cm³/mol. The van der Waals surface area contributed by atoms with E-state index in [9.17, 15) is 12.8 Å². The Morgan fingerprint density at radius 1 is 1.30 bits per heavy atom. The fourth-order valence-corrected chi connectivity index (χ4v) is 3.91. The van der Waals surface area contributed by atoms with E-state index in [0.717, 1.165) is 6.07 Å². The summed E-state index contributed by atoms with van der Waals surface area (Å²) in [7, 11) is -3.80. The Labute approximate surface area is 115 Å². The molecule has 8 heteroatoms. The standard InChI is InChI=1S/C12H13FN4O2S/c13-11-3-1-2-4-12(11)20(18,19)16-7-5-10(9-16)17-8-6-14-15-17/h1-4,6,8,10H,5,7,9H2. The predicted octanol–water partition coefficient (Wildman–Crippen LogP) is 1.05. The molecule has 0 saturated carbocycles. The van der Waals surface area contributed by atoms with E-state index in [1.54, 1.807) is 17.1 Å². The molecule has 0 N–H and O–H groups in total. The first-order valence-electron chi connectivity index (χ1n) is 6.19. The monoisotopic (exact) mass is 296 g/mol. The van der Waals surface area contributed by atoms with Crippen LogP contribution in [0.5, 0.6) is 0 Å². The molecule has 1 fully saturated rings. The number of benzene rings is 1. The number of nitrogens with zero attached hydrogens (tertiary/aromatic N) is 4. The molecule has 0 amide bonds. The van der Waals surface area contributed by atoms with Gasteiger partial charge in [0.25, 0.3) is 0 Å². The minimum absolute atomic E-state index is 0.0564. The van der Waals surface area contributed by atoms with Gasteiger partial charge in [0.15, 0.2) is 0 Å². The molecule has 1 aromatic carbocycles. The fourth-order valence-electron chi connectivity index (χ4n) is 2.35. The minimum atomic E-state index is -3.80. The summed E-state index contributed by atoms with van der Waals surface area (Å²) in [5.74, 6) is -0.725. The summed E-state index contributed by atoms with van der Waals surface area (Å²) in [5, 5.41) is 7.59. The van der Waals surface area contributed by atoms with Crippen molar-refractivity contribution in [3.8, 4) is 0 Å². The molecule has 3 rings (SSSR count). The fraction of sp³-hybridized carbons (Fsp3) is 0.333. The van der Waals surface area contributed by atoms with Gasteiger partial charge in [0, 0.05) is 19.3 Å². The van der Waals surface area contributed by atoms with E-state index in [4.69, 9.17) is 0 Å². The van der Waals surface area contributed by atoms with Gasteiger partial charge in [0.2, 0.25) is 10.0 Å². The van der Waals surface area contributed by atoms with Crippen molar-refractivity contribution in [3.63, 3.8) is 0 Å². The molecule has 106 valence electrons. The maximum atomic E-state index is 13.7. The van der Waals surface area contributed by atoms with Crippen molar-refractivity contribution >= 4 is 10.0 Å². The highest BCUT2D eigenvalue weighted by atomic mass is 32.2. The molecule has 0 radical (unpaired) electrons. The van der Waals surface area contributed by atoms with E-state index in [0.29, 0.717) is 13.0 Å². The van der Waals surface area contributed by atoms with Crippen molar-refractivity contribution < 1.29 is 12.8 Å². The highest BCUT2D eigenvalue weighted by molar-refractivity contribution is 7.89.